The minimum atomic E-state index is 0. The number of likely N-dealkylation sites (N-methyl/N-ethyl adjacent to an activating group) is 1. The standard InChI is InChI=1S/C21H34ClN5O.HI/c1-4-23-21(26(3)15-17-8-13-28-16-17)24-14-18-19(22)6-5-7-20(18)27-11-9-25(2)10-12-27;/h5-7,17H,4,8-16H2,1-3H3,(H,23,24);1H. The van der Waals surface area contributed by atoms with Gasteiger partial charge in [-0.15, -0.1) is 24.0 Å². The summed E-state index contributed by atoms with van der Waals surface area (Å²) < 4.78 is 5.52. The van der Waals surface area contributed by atoms with E-state index in [1.807, 2.05) is 12.1 Å². The summed E-state index contributed by atoms with van der Waals surface area (Å²) in [6.45, 7) is 10.4. The van der Waals surface area contributed by atoms with Gasteiger partial charge in [-0.1, -0.05) is 17.7 Å². The molecule has 0 aliphatic carbocycles. The highest BCUT2D eigenvalue weighted by molar-refractivity contribution is 14.0. The fraction of sp³-hybridized carbons (Fsp3) is 0.667. The van der Waals surface area contributed by atoms with Crippen molar-refractivity contribution in [2.24, 2.45) is 10.9 Å². The zero-order valence-corrected chi connectivity index (χ0v) is 21.0. The van der Waals surface area contributed by atoms with Gasteiger partial charge in [-0.3, -0.25) is 0 Å². The van der Waals surface area contributed by atoms with E-state index in [2.05, 4.69) is 47.1 Å². The lowest BCUT2D eigenvalue weighted by Gasteiger charge is -2.35. The van der Waals surface area contributed by atoms with Crippen molar-refractivity contribution >= 4 is 47.2 Å². The predicted molar refractivity (Wildman–Crippen MR) is 133 cm³/mol. The van der Waals surface area contributed by atoms with Crippen molar-refractivity contribution in [2.75, 3.05) is 71.5 Å². The molecule has 2 heterocycles. The number of nitrogens with zero attached hydrogens (tertiary/aromatic N) is 4. The van der Waals surface area contributed by atoms with Crippen LogP contribution in [0.2, 0.25) is 5.02 Å². The van der Waals surface area contributed by atoms with Gasteiger partial charge in [0.25, 0.3) is 0 Å². The molecule has 3 rings (SSSR count). The van der Waals surface area contributed by atoms with Gasteiger partial charge in [0.05, 0.1) is 13.2 Å². The molecule has 29 heavy (non-hydrogen) atoms. The quantitative estimate of drug-likeness (QED) is 0.344. The van der Waals surface area contributed by atoms with Crippen LogP contribution in [0, 0.1) is 5.92 Å². The third-order valence-corrected chi connectivity index (χ3v) is 5.93. The zero-order chi connectivity index (χ0) is 19.9. The lowest BCUT2D eigenvalue weighted by Crippen LogP contribution is -2.44. The number of anilines is 1. The number of ether oxygens (including phenoxy) is 1. The lowest BCUT2D eigenvalue weighted by atomic mass is 10.1. The second-order valence-electron chi connectivity index (χ2n) is 7.81. The van der Waals surface area contributed by atoms with Crippen LogP contribution in [0.5, 0.6) is 0 Å². The summed E-state index contributed by atoms with van der Waals surface area (Å²) in [6.07, 6.45) is 1.13. The Morgan fingerprint density at radius 1 is 1.31 bits per heavy atom. The predicted octanol–water partition coefficient (Wildman–Crippen LogP) is 3.14. The molecule has 1 aromatic carbocycles. The van der Waals surface area contributed by atoms with Crippen LogP contribution in [0.25, 0.3) is 0 Å². The fourth-order valence-corrected chi connectivity index (χ4v) is 4.10. The van der Waals surface area contributed by atoms with E-state index < -0.39 is 0 Å². The molecule has 2 aliphatic heterocycles. The van der Waals surface area contributed by atoms with Gasteiger partial charge in [0.15, 0.2) is 5.96 Å². The number of hydrogen-bond donors (Lipinski definition) is 1. The highest BCUT2D eigenvalue weighted by Crippen LogP contribution is 2.29. The maximum atomic E-state index is 6.60. The maximum absolute atomic E-state index is 6.60. The number of piperazine rings is 1. The first-order valence-electron chi connectivity index (χ1n) is 10.4. The van der Waals surface area contributed by atoms with Gasteiger partial charge in [-0.25, -0.2) is 4.99 Å². The molecule has 0 radical (unpaired) electrons. The summed E-state index contributed by atoms with van der Waals surface area (Å²) in [4.78, 5) is 11.9. The van der Waals surface area contributed by atoms with Gasteiger partial charge in [-0.2, -0.15) is 0 Å². The Morgan fingerprint density at radius 2 is 2.07 bits per heavy atom. The summed E-state index contributed by atoms with van der Waals surface area (Å²) in [6, 6.07) is 6.19. The molecule has 2 saturated heterocycles. The Labute approximate surface area is 197 Å². The first kappa shape index (κ1) is 24.5. The smallest absolute Gasteiger partial charge is 0.193 e. The summed E-state index contributed by atoms with van der Waals surface area (Å²) in [7, 11) is 4.28. The van der Waals surface area contributed by atoms with Crippen molar-refractivity contribution in [3.05, 3.63) is 28.8 Å². The molecule has 1 unspecified atom stereocenters. The van der Waals surface area contributed by atoms with Gasteiger partial charge in [0.1, 0.15) is 0 Å². The topological polar surface area (TPSA) is 43.3 Å². The van der Waals surface area contributed by atoms with E-state index in [1.54, 1.807) is 0 Å². The summed E-state index contributed by atoms with van der Waals surface area (Å²) >= 11 is 6.60. The first-order chi connectivity index (χ1) is 13.6. The van der Waals surface area contributed by atoms with Gasteiger partial charge in [0.2, 0.25) is 0 Å². The molecule has 0 amide bonds. The molecule has 0 spiro atoms. The average molecular weight is 536 g/mol. The number of benzene rings is 1. The highest BCUT2D eigenvalue weighted by Gasteiger charge is 2.20. The normalized spacial score (nSPS) is 20.5. The minimum absolute atomic E-state index is 0. The molecular formula is C21H35ClIN5O. The van der Waals surface area contributed by atoms with E-state index in [1.165, 1.54) is 5.69 Å². The van der Waals surface area contributed by atoms with Gasteiger partial charge in [-0.05, 0) is 32.5 Å². The van der Waals surface area contributed by atoms with Crippen molar-refractivity contribution < 1.29 is 4.74 Å². The van der Waals surface area contributed by atoms with E-state index in [9.17, 15) is 0 Å². The Balaban J connectivity index is 0.00000300. The minimum Gasteiger partial charge on any atom is -0.381 e. The average Bonchev–Trinajstić information content (AvgIpc) is 3.19. The van der Waals surface area contributed by atoms with Crippen LogP contribution in [-0.2, 0) is 11.3 Å². The van der Waals surface area contributed by atoms with Gasteiger partial charge in [0, 0.05) is 75.1 Å². The monoisotopic (exact) mass is 535 g/mol. The number of hydrogen-bond acceptors (Lipinski definition) is 4. The molecule has 1 N–H and O–H groups in total. The van der Waals surface area contributed by atoms with Crippen LogP contribution in [0.4, 0.5) is 5.69 Å². The fourth-order valence-electron chi connectivity index (χ4n) is 3.87. The molecule has 0 bridgehead atoms. The Kier molecular flexibility index (Phi) is 10.3. The Hall–Kier alpha value is -0.770. The largest absolute Gasteiger partial charge is 0.381 e. The van der Waals surface area contributed by atoms with E-state index in [0.717, 1.165) is 75.4 Å². The molecule has 2 aliphatic rings. The third-order valence-electron chi connectivity index (χ3n) is 5.58. The van der Waals surface area contributed by atoms with Gasteiger partial charge < -0.3 is 24.8 Å². The maximum Gasteiger partial charge on any atom is 0.193 e. The number of halogens is 2. The summed E-state index contributed by atoms with van der Waals surface area (Å²) in [5, 5.41) is 4.22. The van der Waals surface area contributed by atoms with E-state index in [-0.39, 0.29) is 24.0 Å². The highest BCUT2D eigenvalue weighted by atomic mass is 127. The van der Waals surface area contributed by atoms with Crippen LogP contribution in [0.15, 0.2) is 23.2 Å². The summed E-state index contributed by atoms with van der Waals surface area (Å²) in [5.74, 6) is 1.51. The van der Waals surface area contributed by atoms with Crippen molar-refractivity contribution in [2.45, 2.75) is 19.9 Å². The van der Waals surface area contributed by atoms with Crippen LogP contribution >= 0.6 is 35.6 Å². The summed E-state index contributed by atoms with van der Waals surface area (Å²) in [5.41, 5.74) is 2.33. The third kappa shape index (κ3) is 6.87. The van der Waals surface area contributed by atoms with Crippen molar-refractivity contribution in [1.29, 1.82) is 0 Å². The van der Waals surface area contributed by atoms with E-state index in [4.69, 9.17) is 21.3 Å². The molecule has 0 aromatic heterocycles. The molecule has 0 saturated carbocycles. The van der Waals surface area contributed by atoms with Crippen molar-refractivity contribution in [3.8, 4) is 0 Å². The molecule has 1 aromatic rings. The molecule has 8 heteroatoms. The van der Waals surface area contributed by atoms with Gasteiger partial charge >= 0.3 is 0 Å². The first-order valence-corrected chi connectivity index (χ1v) is 10.7. The Bertz CT molecular complexity index is 660. The van der Waals surface area contributed by atoms with Crippen LogP contribution in [-0.4, -0.2) is 82.3 Å². The van der Waals surface area contributed by atoms with Crippen LogP contribution in [0.3, 0.4) is 0 Å². The molecule has 164 valence electrons. The van der Waals surface area contributed by atoms with Crippen LogP contribution < -0.4 is 10.2 Å². The molecule has 1 atom stereocenters. The zero-order valence-electron chi connectivity index (χ0n) is 17.9. The van der Waals surface area contributed by atoms with Crippen LogP contribution in [0.1, 0.15) is 18.9 Å². The molecule has 2 fully saturated rings. The number of guanidine groups is 1. The lowest BCUT2D eigenvalue weighted by molar-refractivity contribution is 0.181. The SMILES string of the molecule is CCNC(=NCc1c(Cl)cccc1N1CCN(C)CC1)N(C)CC1CCOC1.I. The molecule has 6 nitrogen and oxygen atoms in total. The number of aliphatic imine (C=N–C) groups is 1. The van der Waals surface area contributed by atoms with E-state index >= 15 is 0 Å². The van der Waals surface area contributed by atoms with Crippen molar-refractivity contribution in [3.63, 3.8) is 0 Å². The molecular weight excluding hydrogens is 501 g/mol. The van der Waals surface area contributed by atoms with Crippen molar-refractivity contribution in [1.82, 2.24) is 15.1 Å². The number of nitrogens with one attached hydrogen (secondary N) is 1. The van der Waals surface area contributed by atoms with E-state index in [0.29, 0.717) is 12.5 Å². The Morgan fingerprint density at radius 3 is 2.72 bits per heavy atom. The second kappa shape index (κ2) is 12.2. The number of rotatable bonds is 6. The second-order valence-corrected chi connectivity index (χ2v) is 8.22.